The standard InChI is InChI=1S/C13H14F3NO2S/c14-13(15,16)8-17(10-2-3-10)6-11-5-9(7-20-11)1-4-12(18)19/h1,4-5,7,10H,2-3,6,8H2,(H,18,19). The Morgan fingerprint density at radius 3 is 2.75 bits per heavy atom. The number of hydrogen-bond acceptors (Lipinski definition) is 3. The number of hydrogen-bond donors (Lipinski definition) is 1. The van der Waals surface area contributed by atoms with Crippen LogP contribution in [0.3, 0.4) is 0 Å². The number of nitrogens with zero attached hydrogens (tertiary/aromatic N) is 1. The summed E-state index contributed by atoms with van der Waals surface area (Å²) in [6, 6.07) is 1.76. The molecular formula is C13H14F3NO2S. The third-order valence-electron chi connectivity index (χ3n) is 2.90. The van der Waals surface area contributed by atoms with Crippen LogP contribution in [0.2, 0.25) is 0 Å². The van der Waals surface area contributed by atoms with Gasteiger partial charge in [-0.05, 0) is 35.9 Å². The third-order valence-corrected chi connectivity index (χ3v) is 3.84. The minimum Gasteiger partial charge on any atom is -0.478 e. The highest BCUT2D eigenvalue weighted by molar-refractivity contribution is 7.10. The fourth-order valence-electron chi connectivity index (χ4n) is 1.92. The number of carbonyl (C=O) groups is 1. The minimum absolute atomic E-state index is 0.0248. The second-order valence-electron chi connectivity index (χ2n) is 4.77. The molecule has 3 nitrogen and oxygen atoms in total. The zero-order valence-electron chi connectivity index (χ0n) is 10.6. The lowest BCUT2D eigenvalue weighted by molar-refractivity contribution is -0.148. The van der Waals surface area contributed by atoms with Crippen molar-refractivity contribution in [3.8, 4) is 0 Å². The van der Waals surface area contributed by atoms with Crippen molar-refractivity contribution >= 4 is 23.4 Å². The zero-order valence-corrected chi connectivity index (χ0v) is 11.4. The first kappa shape index (κ1) is 15.1. The SMILES string of the molecule is O=C(O)C=Cc1csc(CN(CC(F)(F)F)C2CC2)c1. The van der Waals surface area contributed by atoms with E-state index in [0.717, 1.165) is 23.8 Å². The van der Waals surface area contributed by atoms with E-state index < -0.39 is 18.7 Å². The molecule has 0 unspecified atom stereocenters. The van der Waals surface area contributed by atoms with E-state index in [0.29, 0.717) is 5.56 Å². The normalized spacial score (nSPS) is 16.2. The molecule has 1 aromatic rings. The smallest absolute Gasteiger partial charge is 0.401 e. The quantitative estimate of drug-likeness (QED) is 0.819. The average Bonchev–Trinajstić information content (AvgIpc) is 3.06. The Morgan fingerprint density at radius 1 is 1.50 bits per heavy atom. The van der Waals surface area contributed by atoms with Crippen molar-refractivity contribution in [2.24, 2.45) is 0 Å². The van der Waals surface area contributed by atoms with Gasteiger partial charge in [-0.1, -0.05) is 0 Å². The minimum atomic E-state index is -4.19. The van der Waals surface area contributed by atoms with Crippen molar-refractivity contribution in [1.82, 2.24) is 4.90 Å². The number of alkyl halides is 3. The van der Waals surface area contributed by atoms with Crippen LogP contribution in [0, 0.1) is 0 Å². The van der Waals surface area contributed by atoms with Crippen molar-refractivity contribution < 1.29 is 23.1 Å². The van der Waals surface area contributed by atoms with Crippen LogP contribution in [0.1, 0.15) is 23.3 Å². The van der Waals surface area contributed by atoms with Crippen LogP contribution < -0.4 is 0 Å². The summed E-state index contributed by atoms with van der Waals surface area (Å²) in [6.45, 7) is -0.633. The molecule has 1 saturated carbocycles. The predicted molar refractivity (Wildman–Crippen MR) is 70.5 cm³/mol. The van der Waals surface area contributed by atoms with Gasteiger partial charge >= 0.3 is 12.1 Å². The molecule has 0 saturated heterocycles. The summed E-state index contributed by atoms with van der Waals surface area (Å²) in [5, 5.41) is 10.3. The molecule has 0 spiro atoms. The summed E-state index contributed by atoms with van der Waals surface area (Å²) in [5.74, 6) is -1.05. The Bertz CT molecular complexity index is 506. The maximum Gasteiger partial charge on any atom is 0.401 e. The summed E-state index contributed by atoms with van der Waals surface area (Å²) in [7, 11) is 0. The van der Waals surface area contributed by atoms with E-state index in [1.54, 1.807) is 11.4 Å². The molecule has 0 aliphatic heterocycles. The van der Waals surface area contributed by atoms with E-state index in [1.165, 1.54) is 22.3 Å². The zero-order chi connectivity index (χ0) is 14.8. The molecule has 0 radical (unpaired) electrons. The van der Waals surface area contributed by atoms with Gasteiger partial charge in [0.1, 0.15) is 0 Å². The molecule has 1 N–H and O–H groups in total. The number of thiophene rings is 1. The van der Waals surface area contributed by atoms with Crippen LogP contribution in [-0.4, -0.2) is 34.7 Å². The molecule has 1 fully saturated rings. The van der Waals surface area contributed by atoms with Crippen molar-refractivity contribution in [2.45, 2.75) is 31.6 Å². The van der Waals surface area contributed by atoms with Gasteiger partial charge in [0.25, 0.3) is 0 Å². The van der Waals surface area contributed by atoms with Crippen molar-refractivity contribution in [1.29, 1.82) is 0 Å². The summed E-state index contributed by atoms with van der Waals surface area (Å²) < 4.78 is 37.5. The van der Waals surface area contributed by atoms with Crippen molar-refractivity contribution in [3.05, 3.63) is 28.0 Å². The lowest BCUT2D eigenvalue weighted by Crippen LogP contribution is -2.35. The topological polar surface area (TPSA) is 40.5 Å². The molecule has 0 atom stereocenters. The summed E-state index contributed by atoms with van der Waals surface area (Å²) in [5.41, 5.74) is 0.704. The van der Waals surface area contributed by atoms with E-state index >= 15 is 0 Å². The molecule has 0 amide bonds. The molecule has 1 aliphatic carbocycles. The molecular weight excluding hydrogens is 291 g/mol. The van der Waals surface area contributed by atoms with E-state index in [9.17, 15) is 18.0 Å². The molecule has 0 aromatic carbocycles. The number of aliphatic carboxylic acids is 1. The van der Waals surface area contributed by atoms with Gasteiger partial charge in [-0.15, -0.1) is 11.3 Å². The van der Waals surface area contributed by atoms with Crippen LogP contribution in [-0.2, 0) is 11.3 Å². The van der Waals surface area contributed by atoms with Gasteiger partial charge < -0.3 is 5.11 Å². The lowest BCUT2D eigenvalue weighted by Gasteiger charge is -2.22. The molecule has 0 bridgehead atoms. The average molecular weight is 305 g/mol. The van der Waals surface area contributed by atoms with Gasteiger partial charge in [0.2, 0.25) is 0 Å². The van der Waals surface area contributed by atoms with E-state index in [2.05, 4.69) is 0 Å². The van der Waals surface area contributed by atoms with Crippen molar-refractivity contribution in [2.75, 3.05) is 6.54 Å². The molecule has 1 heterocycles. The lowest BCUT2D eigenvalue weighted by atomic mass is 10.2. The summed E-state index contributed by atoms with van der Waals surface area (Å²) >= 11 is 1.35. The first-order valence-corrected chi connectivity index (χ1v) is 7.01. The fourth-order valence-corrected chi connectivity index (χ4v) is 2.80. The number of carboxylic acid groups (broad SMARTS) is 1. The fraction of sp³-hybridized carbons (Fsp3) is 0.462. The largest absolute Gasteiger partial charge is 0.478 e. The van der Waals surface area contributed by atoms with Crippen molar-refractivity contribution in [3.63, 3.8) is 0 Å². The molecule has 2 rings (SSSR count). The molecule has 1 aromatic heterocycles. The van der Waals surface area contributed by atoms with E-state index in [-0.39, 0.29) is 12.6 Å². The Morgan fingerprint density at radius 2 is 2.20 bits per heavy atom. The Kier molecular flexibility index (Phi) is 4.49. The second-order valence-corrected chi connectivity index (χ2v) is 5.77. The van der Waals surface area contributed by atoms with Gasteiger partial charge in [0.05, 0.1) is 6.54 Å². The number of rotatable bonds is 6. The molecule has 1 aliphatic rings. The Balaban J connectivity index is 1.98. The highest BCUT2D eigenvalue weighted by Gasteiger charge is 2.38. The highest BCUT2D eigenvalue weighted by atomic mass is 32.1. The van der Waals surface area contributed by atoms with Crippen LogP contribution in [0.15, 0.2) is 17.5 Å². The first-order chi connectivity index (χ1) is 9.33. The van der Waals surface area contributed by atoms with Crippen LogP contribution in [0.25, 0.3) is 6.08 Å². The summed E-state index contributed by atoms with van der Waals surface area (Å²) in [6.07, 6.45) is -0.111. The molecule has 20 heavy (non-hydrogen) atoms. The molecule has 7 heteroatoms. The second kappa shape index (κ2) is 5.97. The maximum atomic E-state index is 12.5. The van der Waals surface area contributed by atoms with Gasteiger partial charge in [-0.25, -0.2) is 4.79 Å². The predicted octanol–water partition coefficient (Wildman–Crippen LogP) is 3.37. The first-order valence-electron chi connectivity index (χ1n) is 6.13. The van der Waals surface area contributed by atoms with E-state index in [1.807, 2.05) is 0 Å². The van der Waals surface area contributed by atoms with Gasteiger partial charge in [0.15, 0.2) is 0 Å². The Labute approximate surface area is 118 Å². The van der Waals surface area contributed by atoms with Crippen LogP contribution >= 0.6 is 11.3 Å². The number of halogens is 3. The van der Waals surface area contributed by atoms with Gasteiger partial charge in [-0.3, -0.25) is 4.90 Å². The number of carboxylic acids is 1. The van der Waals surface area contributed by atoms with Crippen LogP contribution in [0.5, 0.6) is 0 Å². The Hall–Kier alpha value is -1.34. The maximum absolute atomic E-state index is 12.5. The molecule has 110 valence electrons. The highest BCUT2D eigenvalue weighted by Crippen LogP contribution is 2.32. The monoisotopic (exact) mass is 305 g/mol. The summed E-state index contributed by atoms with van der Waals surface area (Å²) in [4.78, 5) is 12.6. The van der Waals surface area contributed by atoms with Gasteiger partial charge in [0, 0.05) is 23.5 Å². The third kappa shape index (κ3) is 4.97. The van der Waals surface area contributed by atoms with Gasteiger partial charge in [-0.2, -0.15) is 13.2 Å². The van der Waals surface area contributed by atoms with E-state index in [4.69, 9.17) is 5.11 Å². The van der Waals surface area contributed by atoms with Crippen LogP contribution in [0.4, 0.5) is 13.2 Å².